The van der Waals surface area contributed by atoms with E-state index in [1.807, 2.05) is 68.7 Å². The molecule has 190 valence electrons. The Bertz CT molecular complexity index is 1440. The van der Waals surface area contributed by atoms with Crippen LogP contribution in [0.15, 0.2) is 77.8 Å². The molecule has 0 aliphatic carbocycles. The van der Waals surface area contributed by atoms with Crippen molar-refractivity contribution in [2.45, 2.75) is 13.3 Å². The van der Waals surface area contributed by atoms with E-state index in [4.69, 9.17) is 4.99 Å². The number of aliphatic imine (C=N–C) groups is 1. The highest BCUT2D eigenvalue weighted by Gasteiger charge is 2.20. The number of carbonyl (C=O) groups is 2. The largest absolute Gasteiger partial charge is 0.494 e. The molecular weight excluding hydrogens is 468 g/mol. The van der Waals surface area contributed by atoms with Crippen LogP contribution in [0.4, 0.5) is 11.4 Å². The molecule has 1 amide bonds. The lowest BCUT2D eigenvalue weighted by molar-refractivity contribution is -0.116. The number of H-pyrrole nitrogens is 1. The maximum atomic E-state index is 12.3. The molecule has 0 saturated heterocycles. The zero-order valence-corrected chi connectivity index (χ0v) is 21.1. The fourth-order valence-corrected chi connectivity index (χ4v) is 4.27. The first-order valence-electron chi connectivity index (χ1n) is 12.0. The van der Waals surface area contributed by atoms with Crippen molar-refractivity contribution < 1.29 is 19.8 Å². The van der Waals surface area contributed by atoms with E-state index in [1.54, 1.807) is 17.9 Å². The molecule has 4 rings (SSSR count). The van der Waals surface area contributed by atoms with Gasteiger partial charge in [-0.15, -0.1) is 0 Å². The molecule has 1 heterocycles. The Morgan fingerprint density at radius 1 is 0.919 bits per heavy atom. The average molecular weight is 499 g/mol. The molecule has 0 aliphatic heterocycles. The van der Waals surface area contributed by atoms with Gasteiger partial charge in [0, 0.05) is 35.6 Å². The fourth-order valence-electron chi connectivity index (χ4n) is 4.27. The standard InChI is InChI=1S/C29H30N4O4/c1-19(34)33(17-7-16-32(2)3)23-13-11-22(12-14-23)30-27(20-8-5-4-6-9-20)26-24-15-10-21(29(36)37)18-25(24)31-28(26)35/h4-6,8-15,18,31,35H,7,16-17H2,1-3H3,(H,36,37). The molecule has 4 aromatic rings. The van der Waals surface area contributed by atoms with Crippen LogP contribution in [0.1, 0.15) is 34.8 Å². The smallest absolute Gasteiger partial charge is 0.335 e. The molecule has 1 aromatic heterocycles. The van der Waals surface area contributed by atoms with Crippen LogP contribution in [0.25, 0.3) is 10.9 Å². The molecular formula is C29H30N4O4. The van der Waals surface area contributed by atoms with Crippen LogP contribution in [0.5, 0.6) is 5.88 Å². The number of aromatic carboxylic acids is 1. The first-order chi connectivity index (χ1) is 17.7. The Morgan fingerprint density at radius 3 is 2.24 bits per heavy atom. The number of nitrogens with zero attached hydrogens (tertiary/aromatic N) is 3. The summed E-state index contributed by atoms with van der Waals surface area (Å²) < 4.78 is 0. The van der Waals surface area contributed by atoms with E-state index in [9.17, 15) is 19.8 Å². The van der Waals surface area contributed by atoms with Crippen molar-refractivity contribution in [1.82, 2.24) is 9.88 Å². The molecule has 3 aromatic carbocycles. The van der Waals surface area contributed by atoms with Gasteiger partial charge in [0.15, 0.2) is 5.88 Å². The highest BCUT2D eigenvalue weighted by molar-refractivity contribution is 6.22. The molecule has 0 bridgehead atoms. The van der Waals surface area contributed by atoms with Gasteiger partial charge in [-0.3, -0.25) is 4.79 Å². The van der Waals surface area contributed by atoms with E-state index in [0.717, 1.165) is 24.2 Å². The third-order valence-electron chi connectivity index (χ3n) is 6.08. The lowest BCUT2D eigenvalue weighted by Gasteiger charge is -2.22. The summed E-state index contributed by atoms with van der Waals surface area (Å²) in [5, 5.41) is 20.8. The highest BCUT2D eigenvalue weighted by Crippen LogP contribution is 2.32. The van der Waals surface area contributed by atoms with Crippen LogP contribution in [-0.2, 0) is 4.79 Å². The topological polar surface area (TPSA) is 109 Å². The monoisotopic (exact) mass is 498 g/mol. The molecule has 0 spiro atoms. The van der Waals surface area contributed by atoms with E-state index in [1.165, 1.54) is 12.1 Å². The second-order valence-corrected chi connectivity index (χ2v) is 9.08. The number of aromatic nitrogens is 1. The van der Waals surface area contributed by atoms with Gasteiger partial charge in [0.05, 0.1) is 22.5 Å². The van der Waals surface area contributed by atoms with Crippen molar-refractivity contribution in [3.05, 3.63) is 89.5 Å². The number of carboxylic acid groups (broad SMARTS) is 1. The number of carbonyl (C=O) groups excluding carboxylic acids is 1. The quantitative estimate of drug-likeness (QED) is 0.280. The molecule has 8 heteroatoms. The summed E-state index contributed by atoms with van der Waals surface area (Å²) in [6.07, 6.45) is 0.855. The minimum absolute atomic E-state index is 0.0237. The Labute approximate surface area is 215 Å². The number of fused-ring (bicyclic) bond motifs is 1. The third kappa shape index (κ3) is 5.87. The van der Waals surface area contributed by atoms with Gasteiger partial charge in [-0.05, 0) is 63.5 Å². The van der Waals surface area contributed by atoms with Crippen LogP contribution in [-0.4, -0.2) is 64.9 Å². The van der Waals surface area contributed by atoms with Gasteiger partial charge >= 0.3 is 5.97 Å². The average Bonchev–Trinajstić information content (AvgIpc) is 3.20. The summed E-state index contributed by atoms with van der Waals surface area (Å²) in [5.74, 6) is -1.17. The summed E-state index contributed by atoms with van der Waals surface area (Å²) >= 11 is 0. The fraction of sp³-hybridized carbons (Fsp3) is 0.207. The number of benzene rings is 3. The first kappa shape index (κ1) is 25.7. The van der Waals surface area contributed by atoms with Gasteiger partial charge in [-0.2, -0.15) is 0 Å². The predicted octanol–water partition coefficient (Wildman–Crippen LogP) is 5.05. The molecule has 0 radical (unpaired) electrons. The van der Waals surface area contributed by atoms with E-state index < -0.39 is 5.97 Å². The Hall–Kier alpha value is -4.43. The summed E-state index contributed by atoms with van der Waals surface area (Å²) in [6, 6.07) is 21.6. The molecule has 0 unspecified atom stereocenters. The van der Waals surface area contributed by atoms with Crippen molar-refractivity contribution in [1.29, 1.82) is 0 Å². The number of aromatic hydroxyl groups is 1. The second kappa shape index (κ2) is 11.1. The Kier molecular flexibility index (Phi) is 7.69. The van der Waals surface area contributed by atoms with Crippen molar-refractivity contribution in [2.24, 2.45) is 4.99 Å². The van der Waals surface area contributed by atoms with Crippen LogP contribution in [0.2, 0.25) is 0 Å². The molecule has 37 heavy (non-hydrogen) atoms. The maximum Gasteiger partial charge on any atom is 0.335 e. The van der Waals surface area contributed by atoms with Gasteiger partial charge in [0.25, 0.3) is 0 Å². The van der Waals surface area contributed by atoms with Crippen LogP contribution < -0.4 is 4.90 Å². The molecule has 0 saturated carbocycles. The van der Waals surface area contributed by atoms with Crippen molar-refractivity contribution in [3.8, 4) is 5.88 Å². The molecule has 0 fully saturated rings. The lowest BCUT2D eigenvalue weighted by atomic mass is 10.00. The van der Waals surface area contributed by atoms with Gasteiger partial charge in [-0.1, -0.05) is 36.4 Å². The second-order valence-electron chi connectivity index (χ2n) is 9.08. The Morgan fingerprint density at radius 2 is 1.62 bits per heavy atom. The van der Waals surface area contributed by atoms with Gasteiger partial charge in [-0.25, -0.2) is 9.79 Å². The predicted molar refractivity (Wildman–Crippen MR) is 146 cm³/mol. The summed E-state index contributed by atoms with van der Waals surface area (Å²) in [4.78, 5) is 35.3. The minimum Gasteiger partial charge on any atom is -0.494 e. The van der Waals surface area contributed by atoms with Crippen LogP contribution in [0, 0.1) is 0 Å². The summed E-state index contributed by atoms with van der Waals surface area (Å²) in [7, 11) is 4.01. The van der Waals surface area contributed by atoms with Crippen molar-refractivity contribution in [2.75, 3.05) is 32.1 Å². The molecule has 8 nitrogen and oxygen atoms in total. The number of nitrogens with one attached hydrogen (secondary N) is 1. The lowest BCUT2D eigenvalue weighted by Crippen LogP contribution is -2.31. The number of rotatable bonds is 9. The van der Waals surface area contributed by atoms with E-state index in [0.29, 0.717) is 34.4 Å². The number of hydrogen-bond donors (Lipinski definition) is 3. The SMILES string of the molecule is CC(=O)N(CCCN(C)C)c1ccc(N=C(c2ccccc2)c2c(O)[nH]c3cc(C(=O)O)ccc23)cc1. The highest BCUT2D eigenvalue weighted by atomic mass is 16.4. The zero-order valence-electron chi connectivity index (χ0n) is 21.1. The Balaban J connectivity index is 1.74. The van der Waals surface area contributed by atoms with Crippen LogP contribution >= 0.6 is 0 Å². The number of carboxylic acids is 1. The third-order valence-corrected chi connectivity index (χ3v) is 6.08. The van der Waals surface area contributed by atoms with Gasteiger partial charge < -0.3 is 25.0 Å². The zero-order chi connectivity index (χ0) is 26.5. The number of amides is 1. The summed E-state index contributed by atoms with van der Waals surface area (Å²) in [5.41, 5.74) is 3.87. The summed E-state index contributed by atoms with van der Waals surface area (Å²) in [6.45, 7) is 3.06. The molecule has 0 aliphatic rings. The van der Waals surface area contributed by atoms with E-state index >= 15 is 0 Å². The molecule has 3 N–H and O–H groups in total. The van der Waals surface area contributed by atoms with E-state index in [2.05, 4.69) is 9.88 Å². The van der Waals surface area contributed by atoms with E-state index in [-0.39, 0.29) is 17.4 Å². The van der Waals surface area contributed by atoms with Crippen molar-refractivity contribution in [3.63, 3.8) is 0 Å². The normalized spacial score (nSPS) is 11.7. The minimum atomic E-state index is -1.05. The van der Waals surface area contributed by atoms with Gasteiger partial charge in [0.2, 0.25) is 5.91 Å². The first-order valence-corrected chi connectivity index (χ1v) is 12.0. The van der Waals surface area contributed by atoms with Crippen LogP contribution in [0.3, 0.4) is 0 Å². The van der Waals surface area contributed by atoms with Gasteiger partial charge in [0.1, 0.15) is 0 Å². The number of aromatic amines is 1. The molecule has 0 atom stereocenters. The maximum absolute atomic E-state index is 12.3. The number of hydrogen-bond acceptors (Lipinski definition) is 5. The van der Waals surface area contributed by atoms with Crippen molar-refractivity contribution >= 4 is 39.9 Å². The number of anilines is 1.